The van der Waals surface area contributed by atoms with E-state index < -0.39 is 110 Å². The fourth-order valence-electron chi connectivity index (χ4n) is 5.37. The first-order valence-electron chi connectivity index (χ1n) is 18.2. The molecule has 5 amide bonds. The van der Waals surface area contributed by atoms with Crippen LogP contribution in [-0.2, 0) is 33.6 Å². The minimum atomic E-state index is -1.72. The third-order valence-electron chi connectivity index (χ3n) is 8.50. The van der Waals surface area contributed by atoms with Crippen LogP contribution in [0.1, 0.15) is 102 Å². The fourth-order valence-corrected chi connectivity index (χ4v) is 5.91. The van der Waals surface area contributed by atoms with E-state index in [9.17, 15) is 68.4 Å². The standard InChI is InChI=1S/C38H46IN5O14/c1-2-29(45)21-7-5-8-22(19-21)34(53)41-25(12-15-30(46)47)35(54)42-26(13-16-31(48)49)36(55)43-27(14-17-32(50)51)37(56)44-28(38(57)58)11-3-4-18-40-33(52)23-9-6-10-24(39)20-23/h5-10,19-20,25-28H,2-4,11-18H2,1H3,(H,40,52)(H,41,53)(H,42,54)(H,43,55)(H,44,56)(H,46,47)(H,48,49)(H,50,51)(H,57,58)/t25-,26-,27-,28-/m1/s1. The van der Waals surface area contributed by atoms with Crippen LogP contribution in [0.15, 0.2) is 48.5 Å². The highest BCUT2D eigenvalue weighted by Crippen LogP contribution is 2.12. The first-order chi connectivity index (χ1) is 27.4. The molecule has 0 unspecified atom stereocenters. The van der Waals surface area contributed by atoms with E-state index in [1.807, 2.05) is 6.07 Å². The minimum absolute atomic E-state index is 0.0378. The van der Waals surface area contributed by atoms with Gasteiger partial charge in [-0.25, -0.2) is 4.79 Å². The van der Waals surface area contributed by atoms with Crippen molar-refractivity contribution >= 4 is 81.8 Å². The van der Waals surface area contributed by atoms with Crippen LogP contribution >= 0.6 is 22.6 Å². The normalized spacial score (nSPS) is 12.7. The van der Waals surface area contributed by atoms with Crippen LogP contribution in [-0.4, -0.2) is 110 Å². The molecule has 58 heavy (non-hydrogen) atoms. The SMILES string of the molecule is CCC(=O)c1cccc(C(=O)N[C@H](CCC(=O)O)C(=O)N[C@H](CCC(=O)O)C(=O)N[C@H](CCC(=O)O)C(=O)N[C@H](CCCCNC(=O)c2cccc(I)c2)C(=O)O)c1. The van der Waals surface area contributed by atoms with Crippen LogP contribution in [0.5, 0.6) is 0 Å². The average molecular weight is 924 g/mol. The van der Waals surface area contributed by atoms with E-state index in [4.69, 9.17) is 0 Å². The summed E-state index contributed by atoms with van der Waals surface area (Å²) in [5.74, 6) is -10.4. The molecular weight excluding hydrogens is 877 g/mol. The Bertz CT molecular complexity index is 1850. The first-order valence-corrected chi connectivity index (χ1v) is 19.3. The molecule has 0 heterocycles. The highest BCUT2D eigenvalue weighted by molar-refractivity contribution is 14.1. The molecule has 9 N–H and O–H groups in total. The average Bonchev–Trinajstić information content (AvgIpc) is 3.17. The van der Waals surface area contributed by atoms with Crippen molar-refractivity contribution in [3.63, 3.8) is 0 Å². The lowest BCUT2D eigenvalue weighted by Gasteiger charge is -2.26. The Morgan fingerprint density at radius 1 is 0.552 bits per heavy atom. The van der Waals surface area contributed by atoms with Crippen LogP contribution in [0.25, 0.3) is 0 Å². The van der Waals surface area contributed by atoms with Gasteiger partial charge in [-0.05, 0) is 91.4 Å². The molecule has 0 aliphatic heterocycles. The van der Waals surface area contributed by atoms with Crippen molar-refractivity contribution in [2.45, 2.75) is 95.3 Å². The smallest absolute Gasteiger partial charge is 0.326 e. The van der Waals surface area contributed by atoms with Gasteiger partial charge in [-0.15, -0.1) is 0 Å². The third kappa shape index (κ3) is 17.5. The summed E-state index contributed by atoms with van der Waals surface area (Å²) < 4.78 is 0.858. The lowest BCUT2D eigenvalue weighted by molar-refractivity contribution is -0.143. The van der Waals surface area contributed by atoms with E-state index in [1.165, 1.54) is 24.3 Å². The molecule has 0 radical (unpaired) electrons. The monoisotopic (exact) mass is 923 g/mol. The number of rotatable bonds is 26. The van der Waals surface area contributed by atoms with E-state index in [1.54, 1.807) is 25.1 Å². The van der Waals surface area contributed by atoms with Gasteiger partial charge < -0.3 is 47.0 Å². The van der Waals surface area contributed by atoms with Crippen molar-refractivity contribution in [1.29, 1.82) is 0 Å². The van der Waals surface area contributed by atoms with Crippen LogP contribution in [0.2, 0.25) is 0 Å². The molecule has 0 aromatic heterocycles. The summed E-state index contributed by atoms with van der Waals surface area (Å²) in [6.07, 6.45) is -2.99. The van der Waals surface area contributed by atoms with Crippen molar-refractivity contribution in [2.24, 2.45) is 0 Å². The lowest BCUT2D eigenvalue weighted by Crippen LogP contribution is -2.58. The molecule has 4 atom stereocenters. The maximum atomic E-state index is 13.5. The van der Waals surface area contributed by atoms with Gasteiger partial charge in [-0.1, -0.05) is 25.1 Å². The summed E-state index contributed by atoms with van der Waals surface area (Å²) in [7, 11) is 0. The summed E-state index contributed by atoms with van der Waals surface area (Å²) >= 11 is 2.06. The molecule has 0 saturated carbocycles. The van der Waals surface area contributed by atoms with Gasteiger partial charge >= 0.3 is 23.9 Å². The molecule has 0 aliphatic carbocycles. The zero-order chi connectivity index (χ0) is 43.4. The number of carboxylic acid groups (broad SMARTS) is 4. The maximum Gasteiger partial charge on any atom is 0.326 e. The van der Waals surface area contributed by atoms with Crippen molar-refractivity contribution in [3.05, 3.63) is 68.8 Å². The van der Waals surface area contributed by atoms with Gasteiger partial charge in [0.05, 0.1) is 0 Å². The Labute approximate surface area is 346 Å². The fraction of sp³-hybridized carbons (Fsp3) is 0.421. The van der Waals surface area contributed by atoms with Crippen molar-refractivity contribution in [2.75, 3.05) is 6.54 Å². The number of aliphatic carboxylic acids is 4. The number of hydrogen-bond donors (Lipinski definition) is 9. The first kappa shape index (κ1) is 48.2. The molecule has 2 aromatic rings. The molecule has 19 nitrogen and oxygen atoms in total. The Morgan fingerprint density at radius 3 is 1.47 bits per heavy atom. The van der Waals surface area contributed by atoms with E-state index >= 15 is 0 Å². The molecule has 2 rings (SSSR count). The third-order valence-corrected chi connectivity index (χ3v) is 9.17. The number of halogens is 1. The zero-order valence-electron chi connectivity index (χ0n) is 31.5. The number of nitrogens with one attached hydrogen (secondary N) is 5. The molecule has 0 bridgehead atoms. The Hall–Kier alpha value is -5.93. The van der Waals surface area contributed by atoms with E-state index in [0.717, 1.165) is 3.57 Å². The second-order valence-electron chi connectivity index (χ2n) is 13.0. The van der Waals surface area contributed by atoms with Gasteiger partial charge in [-0.2, -0.15) is 0 Å². The van der Waals surface area contributed by atoms with Gasteiger partial charge in [0.2, 0.25) is 17.7 Å². The Kier molecular flexibility index (Phi) is 20.5. The number of ketones is 1. The van der Waals surface area contributed by atoms with Gasteiger partial charge in [0.25, 0.3) is 11.8 Å². The number of carbonyl (C=O) groups excluding carboxylic acids is 6. The van der Waals surface area contributed by atoms with Crippen molar-refractivity contribution in [3.8, 4) is 0 Å². The second-order valence-corrected chi connectivity index (χ2v) is 14.2. The molecule has 314 valence electrons. The summed E-state index contributed by atoms with van der Waals surface area (Å²) in [6.45, 7) is 1.81. The summed E-state index contributed by atoms with van der Waals surface area (Å²) in [4.78, 5) is 124. The van der Waals surface area contributed by atoms with E-state index in [-0.39, 0.29) is 48.6 Å². The predicted octanol–water partition coefficient (Wildman–Crippen LogP) is 1.72. The van der Waals surface area contributed by atoms with Crippen LogP contribution in [0.3, 0.4) is 0 Å². The van der Waals surface area contributed by atoms with Gasteiger partial charge in [-0.3, -0.25) is 43.2 Å². The number of benzene rings is 2. The van der Waals surface area contributed by atoms with Gasteiger partial charge in [0.15, 0.2) is 5.78 Å². The number of carboxylic acids is 4. The number of Topliss-reactive ketones (excluding diaryl/α,β-unsaturated/α-hetero) is 1. The number of amides is 5. The summed E-state index contributed by atoms with van der Waals surface area (Å²) in [5.41, 5.74) is 0.613. The molecule has 2 aromatic carbocycles. The Balaban J connectivity index is 2.20. The predicted molar refractivity (Wildman–Crippen MR) is 212 cm³/mol. The number of hydrogen-bond acceptors (Lipinski definition) is 10. The lowest BCUT2D eigenvalue weighted by atomic mass is 10.0. The quantitative estimate of drug-likeness (QED) is 0.0369. The van der Waals surface area contributed by atoms with E-state index in [2.05, 4.69) is 49.2 Å². The van der Waals surface area contributed by atoms with E-state index in [0.29, 0.717) is 12.0 Å². The number of unbranched alkanes of at least 4 members (excludes halogenated alkanes) is 1. The highest BCUT2D eigenvalue weighted by Gasteiger charge is 2.32. The maximum absolute atomic E-state index is 13.5. The largest absolute Gasteiger partial charge is 0.481 e. The molecule has 0 saturated heterocycles. The highest BCUT2D eigenvalue weighted by atomic mass is 127. The molecule has 20 heteroatoms. The van der Waals surface area contributed by atoms with Crippen LogP contribution in [0.4, 0.5) is 0 Å². The second kappa shape index (κ2) is 24.6. The van der Waals surface area contributed by atoms with Crippen molar-refractivity contribution in [1.82, 2.24) is 26.6 Å². The summed E-state index contributed by atoms with van der Waals surface area (Å²) in [5, 5.41) is 49.5. The Morgan fingerprint density at radius 2 is 1.00 bits per heavy atom. The van der Waals surface area contributed by atoms with Gasteiger partial charge in [0, 0.05) is 52.5 Å². The van der Waals surface area contributed by atoms with Crippen LogP contribution < -0.4 is 26.6 Å². The summed E-state index contributed by atoms with van der Waals surface area (Å²) in [6, 6.07) is 5.92. The number of carbonyl (C=O) groups is 10. The minimum Gasteiger partial charge on any atom is -0.481 e. The molecule has 0 aliphatic rings. The molecule has 0 fully saturated rings. The van der Waals surface area contributed by atoms with Crippen LogP contribution in [0, 0.1) is 3.57 Å². The molecular formula is C38H46IN5O14. The zero-order valence-corrected chi connectivity index (χ0v) is 33.6. The molecule has 0 spiro atoms. The van der Waals surface area contributed by atoms with Gasteiger partial charge in [0.1, 0.15) is 24.2 Å². The van der Waals surface area contributed by atoms with Crippen molar-refractivity contribution < 1.29 is 68.4 Å². The topological polar surface area (TPSA) is 312 Å².